The lowest BCUT2D eigenvalue weighted by atomic mass is 9.99. The maximum Gasteiger partial charge on any atom is 0.258 e. The van der Waals surface area contributed by atoms with Crippen molar-refractivity contribution < 1.29 is 22.0 Å². The van der Waals surface area contributed by atoms with E-state index < -0.39 is 33.8 Å². The van der Waals surface area contributed by atoms with E-state index in [1.54, 1.807) is 6.92 Å². The summed E-state index contributed by atoms with van der Waals surface area (Å²) >= 11 is 0. The SMILES string of the molecule is CC1C=C(NC(=O)c2cc(S(=O)(=O)N3CCCCC3)ccc2F)C=CC1F. The second kappa shape index (κ2) is 7.90. The third-order valence-electron chi connectivity index (χ3n) is 4.80. The van der Waals surface area contributed by atoms with Crippen LogP contribution in [0.3, 0.4) is 0 Å². The van der Waals surface area contributed by atoms with Crippen molar-refractivity contribution in [1.82, 2.24) is 9.62 Å². The molecule has 2 unspecified atom stereocenters. The van der Waals surface area contributed by atoms with Gasteiger partial charge in [-0.2, -0.15) is 4.31 Å². The molecule has 2 atom stereocenters. The molecule has 0 radical (unpaired) electrons. The Balaban J connectivity index is 1.84. The molecule has 1 heterocycles. The summed E-state index contributed by atoms with van der Waals surface area (Å²) in [5.41, 5.74) is -0.0116. The second-order valence-corrected chi connectivity index (χ2v) is 8.78. The van der Waals surface area contributed by atoms with Gasteiger partial charge in [-0.15, -0.1) is 0 Å². The van der Waals surface area contributed by atoms with Crippen molar-refractivity contribution >= 4 is 15.9 Å². The zero-order chi connectivity index (χ0) is 19.6. The first-order valence-electron chi connectivity index (χ1n) is 8.94. The number of nitrogens with zero attached hydrogens (tertiary/aromatic N) is 1. The largest absolute Gasteiger partial charge is 0.322 e. The van der Waals surface area contributed by atoms with Crippen LogP contribution in [0.4, 0.5) is 8.78 Å². The smallest absolute Gasteiger partial charge is 0.258 e. The number of halogens is 2. The Morgan fingerprint density at radius 3 is 2.59 bits per heavy atom. The molecule has 27 heavy (non-hydrogen) atoms. The van der Waals surface area contributed by atoms with Gasteiger partial charge in [0.2, 0.25) is 10.0 Å². The second-order valence-electron chi connectivity index (χ2n) is 6.85. The fourth-order valence-corrected chi connectivity index (χ4v) is 4.72. The third kappa shape index (κ3) is 4.27. The van der Waals surface area contributed by atoms with Crippen molar-refractivity contribution in [1.29, 1.82) is 0 Å². The molecule has 1 aliphatic heterocycles. The standard InChI is InChI=1S/C19H22F2N2O3S/c1-13-11-14(5-7-17(13)20)22-19(24)16-12-15(6-8-18(16)21)27(25,26)23-9-3-2-4-10-23/h5-8,11-13,17H,2-4,9-10H2,1H3,(H,22,24). The number of alkyl halides is 1. The summed E-state index contributed by atoms with van der Waals surface area (Å²) in [6.07, 6.45) is 5.66. The monoisotopic (exact) mass is 396 g/mol. The predicted octanol–water partition coefficient (Wildman–Crippen LogP) is 3.16. The Hall–Kier alpha value is -2.06. The first-order chi connectivity index (χ1) is 12.8. The molecule has 1 saturated heterocycles. The van der Waals surface area contributed by atoms with E-state index in [-0.39, 0.29) is 10.5 Å². The van der Waals surface area contributed by atoms with Gasteiger partial charge in [-0.1, -0.05) is 19.4 Å². The minimum absolute atomic E-state index is 0.110. The lowest BCUT2D eigenvalue weighted by Crippen LogP contribution is -2.35. The summed E-state index contributed by atoms with van der Waals surface area (Å²) in [6, 6.07) is 3.21. The van der Waals surface area contributed by atoms with Gasteiger partial charge in [-0.25, -0.2) is 17.2 Å². The Kier molecular flexibility index (Phi) is 5.76. The number of amides is 1. The molecular formula is C19H22F2N2O3S. The van der Waals surface area contributed by atoms with E-state index in [1.807, 2.05) is 0 Å². The van der Waals surface area contributed by atoms with Gasteiger partial charge in [0.15, 0.2) is 0 Å². The fourth-order valence-electron chi connectivity index (χ4n) is 3.18. The Morgan fingerprint density at radius 2 is 1.93 bits per heavy atom. The number of sulfonamides is 1. The van der Waals surface area contributed by atoms with Gasteiger partial charge in [0.1, 0.15) is 12.0 Å². The average molecular weight is 396 g/mol. The van der Waals surface area contributed by atoms with Crippen molar-refractivity contribution in [2.75, 3.05) is 13.1 Å². The summed E-state index contributed by atoms with van der Waals surface area (Å²) < 4.78 is 54.5. The molecule has 0 aromatic heterocycles. The number of hydrogen-bond donors (Lipinski definition) is 1. The van der Waals surface area contributed by atoms with Crippen LogP contribution in [0.5, 0.6) is 0 Å². The van der Waals surface area contributed by atoms with E-state index in [0.29, 0.717) is 18.8 Å². The van der Waals surface area contributed by atoms with Crippen molar-refractivity contribution in [3.8, 4) is 0 Å². The molecule has 146 valence electrons. The molecule has 1 aromatic carbocycles. The molecular weight excluding hydrogens is 374 g/mol. The molecule has 3 rings (SSSR count). The van der Waals surface area contributed by atoms with E-state index in [9.17, 15) is 22.0 Å². The quantitative estimate of drug-likeness (QED) is 0.850. The van der Waals surface area contributed by atoms with Gasteiger partial charge in [0.25, 0.3) is 5.91 Å². The molecule has 1 N–H and O–H groups in total. The molecule has 1 aliphatic carbocycles. The van der Waals surface area contributed by atoms with E-state index >= 15 is 0 Å². The summed E-state index contributed by atoms with van der Waals surface area (Å²) in [6.45, 7) is 2.50. The Bertz CT molecular complexity index is 890. The van der Waals surface area contributed by atoms with Crippen LogP contribution in [-0.4, -0.2) is 37.9 Å². The maximum atomic E-state index is 14.2. The number of rotatable bonds is 4. The van der Waals surface area contributed by atoms with Gasteiger partial charge in [0.05, 0.1) is 10.5 Å². The minimum Gasteiger partial charge on any atom is -0.322 e. The van der Waals surface area contributed by atoms with E-state index in [4.69, 9.17) is 0 Å². The molecule has 1 aromatic rings. The highest BCUT2D eigenvalue weighted by Gasteiger charge is 2.27. The number of piperidine rings is 1. The first-order valence-corrected chi connectivity index (χ1v) is 10.4. The Morgan fingerprint density at radius 1 is 1.22 bits per heavy atom. The van der Waals surface area contributed by atoms with Gasteiger partial charge in [-0.3, -0.25) is 4.79 Å². The van der Waals surface area contributed by atoms with Crippen LogP contribution < -0.4 is 5.32 Å². The summed E-state index contributed by atoms with van der Waals surface area (Å²) in [4.78, 5) is 12.3. The van der Waals surface area contributed by atoms with Crippen LogP contribution in [0.25, 0.3) is 0 Å². The number of nitrogens with one attached hydrogen (secondary N) is 1. The summed E-state index contributed by atoms with van der Waals surface area (Å²) in [7, 11) is -3.78. The number of allylic oxidation sites excluding steroid dienone is 3. The van der Waals surface area contributed by atoms with Gasteiger partial charge >= 0.3 is 0 Å². The topological polar surface area (TPSA) is 66.5 Å². The van der Waals surface area contributed by atoms with Crippen LogP contribution in [0, 0.1) is 11.7 Å². The number of benzene rings is 1. The highest BCUT2D eigenvalue weighted by Crippen LogP contribution is 2.23. The predicted molar refractivity (Wildman–Crippen MR) is 97.8 cm³/mol. The summed E-state index contributed by atoms with van der Waals surface area (Å²) in [5, 5.41) is 2.51. The number of hydrogen-bond acceptors (Lipinski definition) is 3. The third-order valence-corrected chi connectivity index (χ3v) is 6.69. The van der Waals surface area contributed by atoms with E-state index in [0.717, 1.165) is 31.4 Å². The molecule has 1 amide bonds. The van der Waals surface area contributed by atoms with Crippen molar-refractivity contribution in [3.05, 3.63) is 53.5 Å². The normalized spacial score (nSPS) is 23.7. The fraction of sp³-hybridized carbons (Fsp3) is 0.421. The van der Waals surface area contributed by atoms with Crippen molar-refractivity contribution in [2.24, 2.45) is 5.92 Å². The van der Waals surface area contributed by atoms with Crippen LogP contribution in [-0.2, 0) is 10.0 Å². The van der Waals surface area contributed by atoms with E-state index in [1.165, 1.54) is 28.6 Å². The molecule has 2 aliphatic rings. The van der Waals surface area contributed by atoms with Crippen molar-refractivity contribution in [2.45, 2.75) is 37.3 Å². The Labute approximate surface area is 157 Å². The highest BCUT2D eigenvalue weighted by molar-refractivity contribution is 7.89. The number of carbonyl (C=O) groups excluding carboxylic acids is 1. The highest BCUT2D eigenvalue weighted by atomic mass is 32.2. The molecule has 1 fully saturated rings. The van der Waals surface area contributed by atoms with Crippen molar-refractivity contribution in [3.63, 3.8) is 0 Å². The van der Waals surface area contributed by atoms with Crippen LogP contribution in [0.2, 0.25) is 0 Å². The lowest BCUT2D eigenvalue weighted by Gasteiger charge is -2.26. The molecule has 0 spiro atoms. The first kappa shape index (κ1) is 19.7. The summed E-state index contributed by atoms with van der Waals surface area (Å²) in [5.74, 6) is -2.01. The van der Waals surface area contributed by atoms with Crippen LogP contribution in [0.15, 0.2) is 47.0 Å². The molecule has 0 saturated carbocycles. The molecule has 0 bridgehead atoms. The number of carbonyl (C=O) groups is 1. The van der Waals surface area contributed by atoms with Crippen LogP contribution >= 0.6 is 0 Å². The van der Waals surface area contributed by atoms with Gasteiger partial charge in [0, 0.05) is 24.7 Å². The molecule has 5 nitrogen and oxygen atoms in total. The van der Waals surface area contributed by atoms with Gasteiger partial charge < -0.3 is 5.32 Å². The lowest BCUT2D eigenvalue weighted by molar-refractivity contribution is 0.0962. The maximum absolute atomic E-state index is 14.2. The zero-order valence-corrected chi connectivity index (χ0v) is 15.8. The van der Waals surface area contributed by atoms with Crippen LogP contribution in [0.1, 0.15) is 36.5 Å². The minimum atomic E-state index is -3.78. The molecule has 8 heteroatoms. The van der Waals surface area contributed by atoms with Gasteiger partial charge in [-0.05, 0) is 43.2 Å². The average Bonchev–Trinajstić information content (AvgIpc) is 2.65. The zero-order valence-electron chi connectivity index (χ0n) is 15.0. The van der Waals surface area contributed by atoms with E-state index in [2.05, 4.69) is 5.32 Å².